The number of urea groups is 1. The molecule has 4 aromatic carbocycles. The molecular formula is C46H56N8O10. The Bertz CT molecular complexity index is 2030. The van der Waals surface area contributed by atoms with Crippen molar-refractivity contribution in [1.82, 2.24) is 30.2 Å². The molecule has 18 heteroatoms. The molecule has 64 heavy (non-hydrogen) atoms. The van der Waals surface area contributed by atoms with E-state index in [4.69, 9.17) is 9.47 Å². The molecule has 1 aliphatic heterocycles. The number of nitro groups is 2. The lowest BCUT2D eigenvalue weighted by Crippen LogP contribution is -2.74. The van der Waals surface area contributed by atoms with E-state index in [1.165, 1.54) is 36.2 Å². The number of imide groups is 1. The summed E-state index contributed by atoms with van der Waals surface area (Å²) < 4.78 is 11.1. The van der Waals surface area contributed by atoms with Crippen molar-refractivity contribution in [3.05, 3.63) is 152 Å². The van der Waals surface area contributed by atoms with Gasteiger partial charge in [-0.25, -0.2) is 14.4 Å². The third-order valence-electron chi connectivity index (χ3n) is 11.1. The predicted octanol–water partition coefficient (Wildman–Crippen LogP) is 5.13. The van der Waals surface area contributed by atoms with Crippen molar-refractivity contribution in [2.24, 2.45) is 0 Å². The van der Waals surface area contributed by atoms with Gasteiger partial charge in [-0.05, 0) is 61.1 Å². The van der Waals surface area contributed by atoms with Crippen LogP contribution in [0.4, 0.5) is 16.2 Å². The third kappa shape index (κ3) is 14.5. The lowest BCUT2D eigenvalue weighted by molar-refractivity contribution is -0.385. The fourth-order valence-electron chi connectivity index (χ4n) is 7.25. The number of amides is 3. The van der Waals surface area contributed by atoms with Crippen molar-refractivity contribution >= 4 is 35.3 Å². The van der Waals surface area contributed by atoms with E-state index in [0.717, 1.165) is 16.0 Å². The van der Waals surface area contributed by atoms with Gasteiger partial charge < -0.3 is 19.3 Å². The Hall–Kier alpha value is -6.60. The van der Waals surface area contributed by atoms with Gasteiger partial charge in [0.15, 0.2) is 5.79 Å². The molecule has 18 nitrogen and oxygen atoms in total. The number of benzene rings is 4. The van der Waals surface area contributed by atoms with Crippen molar-refractivity contribution in [3.8, 4) is 0 Å². The molecular weight excluding hydrogens is 825 g/mol. The second-order valence-corrected chi connectivity index (χ2v) is 15.4. The zero-order chi connectivity index (χ0) is 45.9. The summed E-state index contributed by atoms with van der Waals surface area (Å²) in [5.74, 6) is -2.44. The van der Waals surface area contributed by atoms with Crippen LogP contribution in [0.1, 0.15) is 51.1 Å². The van der Waals surface area contributed by atoms with E-state index in [0.29, 0.717) is 89.2 Å². The molecule has 4 aromatic rings. The molecule has 3 amide bonds. The number of rotatable bonds is 26. The average molecular weight is 881 g/mol. The van der Waals surface area contributed by atoms with Crippen LogP contribution in [0, 0.1) is 20.2 Å². The number of hydrogen-bond acceptors (Lipinski definition) is 14. The van der Waals surface area contributed by atoms with Gasteiger partial charge in [0.05, 0.1) is 40.6 Å². The zero-order valence-electron chi connectivity index (χ0n) is 36.3. The number of hydrogen-bond donors (Lipinski definition) is 2. The van der Waals surface area contributed by atoms with E-state index in [1.54, 1.807) is 79.8 Å². The fourth-order valence-corrected chi connectivity index (χ4v) is 7.25. The normalized spacial score (nSPS) is 13.6. The molecule has 0 unspecified atom stereocenters. The molecule has 1 saturated heterocycles. The maximum Gasteiger partial charge on any atom is 0.338 e. The van der Waals surface area contributed by atoms with E-state index < -0.39 is 33.6 Å². The summed E-state index contributed by atoms with van der Waals surface area (Å²) in [5.41, 5.74) is 2.76. The van der Waals surface area contributed by atoms with Crippen LogP contribution >= 0.6 is 0 Å². The topological polar surface area (TPSA) is 210 Å². The second kappa shape index (κ2) is 24.3. The Morgan fingerprint density at radius 3 is 1.42 bits per heavy atom. The summed E-state index contributed by atoms with van der Waals surface area (Å²) in [6.07, 6.45) is 2.19. The minimum atomic E-state index is -1.24. The minimum Gasteiger partial charge on any atom is -0.462 e. The monoisotopic (exact) mass is 880 g/mol. The lowest BCUT2D eigenvalue weighted by Gasteiger charge is -2.48. The van der Waals surface area contributed by atoms with E-state index in [-0.39, 0.29) is 36.9 Å². The number of carbonyl (C=O) groups is 4. The van der Waals surface area contributed by atoms with Crippen LogP contribution in [-0.2, 0) is 27.1 Å². The number of ether oxygens (including phenoxy) is 2. The first-order valence-corrected chi connectivity index (χ1v) is 21.3. The van der Waals surface area contributed by atoms with Gasteiger partial charge in [-0.15, -0.1) is 0 Å². The third-order valence-corrected chi connectivity index (χ3v) is 11.1. The lowest BCUT2D eigenvalue weighted by atomic mass is 10.1. The van der Waals surface area contributed by atoms with E-state index >= 15 is 0 Å². The number of nitrogens with one attached hydrogen (secondary N) is 2. The van der Waals surface area contributed by atoms with Gasteiger partial charge >= 0.3 is 18.0 Å². The molecule has 0 aliphatic carbocycles. The molecule has 5 rings (SSSR count). The molecule has 0 aromatic heterocycles. The summed E-state index contributed by atoms with van der Waals surface area (Å²) in [6, 6.07) is 29.8. The Kier molecular flexibility index (Phi) is 18.4. The average Bonchev–Trinajstić information content (AvgIpc) is 3.31. The van der Waals surface area contributed by atoms with E-state index in [9.17, 15) is 39.4 Å². The number of non-ortho nitro benzene ring substituents is 2. The first kappa shape index (κ1) is 48.4. The van der Waals surface area contributed by atoms with E-state index in [2.05, 4.69) is 20.4 Å². The summed E-state index contributed by atoms with van der Waals surface area (Å²) >= 11 is 0. The van der Waals surface area contributed by atoms with Crippen molar-refractivity contribution in [2.75, 3.05) is 79.7 Å². The van der Waals surface area contributed by atoms with Gasteiger partial charge in [-0.3, -0.25) is 45.5 Å². The molecule has 0 radical (unpaired) electrons. The van der Waals surface area contributed by atoms with Gasteiger partial charge in [0.25, 0.3) is 11.4 Å². The minimum absolute atomic E-state index is 0.00567. The molecule has 0 atom stereocenters. The van der Waals surface area contributed by atoms with Crippen LogP contribution in [0.2, 0.25) is 0 Å². The van der Waals surface area contributed by atoms with Crippen molar-refractivity contribution < 1.29 is 38.5 Å². The van der Waals surface area contributed by atoms with Gasteiger partial charge in [-0.1, -0.05) is 60.7 Å². The Morgan fingerprint density at radius 1 is 0.625 bits per heavy atom. The standard InChI is InChI=1S/C46H56N8O10/c1-49-42(55)35-46(50(2)45(49)58,47-25-31-51(29-23-36-15-19-40(20-16-36)53(59)60)27-9-33-63-43(56)38-11-5-3-6-12-38)48-26-32-52(30-24-37-17-21-41(22-18-37)54(61)62)28-10-34-64-44(57)39-13-7-4-8-14-39/h3-8,11-22,47-48H,9-10,23-35H2,1-2H3. The van der Waals surface area contributed by atoms with Crippen molar-refractivity contribution in [3.63, 3.8) is 0 Å². The van der Waals surface area contributed by atoms with Crippen LogP contribution in [0.5, 0.6) is 0 Å². The fraction of sp³-hybridized carbons (Fsp3) is 0.391. The predicted molar refractivity (Wildman–Crippen MR) is 238 cm³/mol. The molecule has 340 valence electrons. The molecule has 2 N–H and O–H groups in total. The molecule has 0 spiro atoms. The number of nitrogens with zero attached hydrogens (tertiary/aromatic N) is 6. The van der Waals surface area contributed by atoms with Crippen LogP contribution in [0.3, 0.4) is 0 Å². The first-order chi connectivity index (χ1) is 30.8. The zero-order valence-corrected chi connectivity index (χ0v) is 36.3. The van der Waals surface area contributed by atoms with Crippen LogP contribution in [0.25, 0.3) is 0 Å². The van der Waals surface area contributed by atoms with Crippen LogP contribution in [0.15, 0.2) is 109 Å². The van der Waals surface area contributed by atoms with Gasteiger partial charge in [0.1, 0.15) is 0 Å². The summed E-state index contributed by atoms with van der Waals surface area (Å²) in [4.78, 5) is 80.3. The van der Waals surface area contributed by atoms with Gasteiger partial charge in [0, 0.05) is 90.7 Å². The smallest absolute Gasteiger partial charge is 0.338 e. The van der Waals surface area contributed by atoms with Gasteiger partial charge in [-0.2, -0.15) is 0 Å². The Morgan fingerprint density at radius 2 is 1.03 bits per heavy atom. The highest BCUT2D eigenvalue weighted by molar-refractivity contribution is 5.97. The van der Waals surface area contributed by atoms with Crippen LogP contribution < -0.4 is 10.6 Å². The van der Waals surface area contributed by atoms with E-state index in [1.807, 2.05) is 12.1 Å². The molecule has 0 saturated carbocycles. The van der Waals surface area contributed by atoms with Crippen molar-refractivity contribution in [2.45, 2.75) is 37.9 Å². The number of nitro benzene ring substituents is 2. The first-order valence-electron chi connectivity index (χ1n) is 21.3. The summed E-state index contributed by atoms with van der Waals surface area (Å²) in [6.45, 7) is 4.31. The summed E-state index contributed by atoms with van der Waals surface area (Å²) in [7, 11) is 3.08. The molecule has 1 heterocycles. The molecule has 0 bridgehead atoms. The molecule has 1 fully saturated rings. The highest BCUT2D eigenvalue weighted by Gasteiger charge is 2.46. The highest BCUT2D eigenvalue weighted by Crippen LogP contribution is 2.22. The summed E-state index contributed by atoms with van der Waals surface area (Å²) in [5, 5.41) is 29.4. The second-order valence-electron chi connectivity index (χ2n) is 15.4. The molecule has 1 aliphatic rings. The van der Waals surface area contributed by atoms with Gasteiger partial charge in [0.2, 0.25) is 5.91 Å². The Labute approximate surface area is 372 Å². The SMILES string of the molecule is CN1C(=O)CC(NCCN(CCCOC(=O)c2ccccc2)CCc2ccc([N+](=O)[O-])cc2)(NCCN(CCCOC(=O)c2ccccc2)CCc2ccc([N+](=O)[O-])cc2)N(C)C1=O. The van der Waals surface area contributed by atoms with Crippen molar-refractivity contribution in [1.29, 1.82) is 0 Å². The number of carbonyl (C=O) groups excluding carboxylic acids is 4. The van der Waals surface area contributed by atoms with Crippen LogP contribution in [-0.4, -0.2) is 139 Å². The maximum absolute atomic E-state index is 13.4. The Balaban J connectivity index is 1.23. The highest BCUT2D eigenvalue weighted by atomic mass is 16.6. The largest absolute Gasteiger partial charge is 0.462 e. The maximum atomic E-state index is 13.4. The number of esters is 2. The quantitative estimate of drug-likeness (QED) is 0.0276.